The average Bonchev–Trinajstić information content (AvgIpc) is 2.67. The standard InChI is InChI=1S/C10H17N5OS/c1-6(2)16-10-14-8(11)13-9(15-10)12-7-3-4-17-5-7/h6-7H,3-5H2,1-2H3,(H3,11,12,13,14,15). The quantitative estimate of drug-likeness (QED) is 0.834. The molecule has 7 heteroatoms. The minimum Gasteiger partial charge on any atom is -0.461 e. The Morgan fingerprint density at radius 3 is 2.88 bits per heavy atom. The predicted octanol–water partition coefficient (Wildman–Crippen LogP) is 1.16. The smallest absolute Gasteiger partial charge is 0.323 e. The van der Waals surface area contributed by atoms with E-state index in [9.17, 15) is 0 Å². The number of nitrogen functional groups attached to an aromatic ring is 1. The van der Waals surface area contributed by atoms with Crippen LogP contribution in [0.25, 0.3) is 0 Å². The lowest BCUT2D eigenvalue weighted by atomic mass is 10.3. The Hall–Kier alpha value is -1.24. The van der Waals surface area contributed by atoms with Gasteiger partial charge in [0.25, 0.3) is 0 Å². The van der Waals surface area contributed by atoms with Gasteiger partial charge in [0.2, 0.25) is 11.9 Å². The summed E-state index contributed by atoms with van der Waals surface area (Å²) in [6.07, 6.45) is 1.14. The molecule has 2 rings (SSSR count). The fraction of sp³-hybridized carbons (Fsp3) is 0.700. The second-order valence-electron chi connectivity index (χ2n) is 4.17. The van der Waals surface area contributed by atoms with E-state index >= 15 is 0 Å². The van der Waals surface area contributed by atoms with Crippen LogP contribution in [-0.2, 0) is 0 Å². The number of hydrogen-bond acceptors (Lipinski definition) is 7. The number of nitrogens with one attached hydrogen (secondary N) is 1. The van der Waals surface area contributed by atoms with Crippen LogP contribution < -0.4 is 15.8 Å². The highest BCUT2D eigenvalue weighted by atomic mass is 32.2. The lowest BCUT2D eigenvalue weighted by Crippen LogP contribution is -2.21. The van der Waals surface area contributed by atoms with Crippen molar-refractivity contribution >= 4 is 23.7 Å². The van der Waals surface area contributed by atoms with Crippen molar-refractivity contribution < 1.29 is 4.74 Å². The average molecular weight is 255 g/mol. The molecule has 1 aromatic rings. The van der Waals surface area contributed by atoms with Crippen LogP contribution in [0.2, 0.25) is 0 Å². The van der Waals surface area contributed by atoms with Gasteiger partial charge >= 0.3 is 6.01 Å². The topological polar surface area (TPSA) is 86.0 Å². The van der Waals surface area contributed by atoms with Crippen molar-refractivity contribution in [3.05, 3.63) is 0 Å². The second-order valence-corrected chi connectivity index (χ2v) is 5.32. The number of nitrogens with two attached hydrogens (primary N) is 1. The van der Waals surface area contributed by atoms with E-state index in [1.807, 2.05) is 25.6 Å². The second kappa shape index (κ2) is 5.39. The maximum Gasteiger partial charge on any atom is 0.323 e. The number of nitrogens with zero attached hydrogens (tertiary/aromatic N) is 3. The summed E-state index contributed by atoms with van der Waals surface area (Å²) >= 11 is 1.92. The SMILES string of the molecule is CC(C)Oc1nc(N)nc(NC2CCSC2)n1. The Morgan fingerprint density at radius 2 is 2.24 bits per heavy atom. The third kappa shape index (κ3) is 3.62. The van der Waals surface area contributed by atoms with E-state index in [2.05, 4.69) is 20.3 Å². The molecule has 1 saturated heterocycles. The molecule has 0 aliphatic carbocycles. The summed E-state index contributed by atoms with van der Waals surface area (Å²) in [5, 5.41) is 3.25. The summed E-state index contributed by atoms with van der Waals surface area (Å²) in [5.41, 5.74) is 5.62. The Morgan fingerprint density at radius 1 is 1.41 bits per heavy atom. The molecule has 0 radical (unpaired) electrons. The van der Waals surface area contributed by atoms with E-state index < -0.39 is 0 Å². The maximum absolute atomic E-state index is 5.62. The number of rotatable bonds is 4. The first-order valence-corrected chi connectivity index (χ1v) is 6.81. The minimum atomic E-state index is 0.0201. The van der Waals surface area contributed by atoms with E-state index in [1.54, 1.807) is 0 Å². The zero-order valence-electron chi connectivity index (χ0n) is 10.0. The summed E-state index contributed by atoms with van der Waals surface area (Å²) in [5.74, 6) is 2.93. The van der Waals surface area contributed by atoms with Gasteiger partial charge in [-0.05, 0) is 26.0 Å². The minimum absolute atomic E-state index is 0.0201. The molecule has 1 aliphatic rings. The van der Waals surface area contributed by atoms with Crippen molar-refractivity contribution in [3.8, 4) is 6.01 Å². The molecule has 0 bridgehead atoms. The molecule has 0 saturated carbocycles. The molecule has 17 heavy (non-hydrogen) atoms. The lowest BCUT2D eigenvalue weighted by molar-refractivity contribution is 0.222. The summed E-state index contributed by atoms with van der Waals surface area (Å²) in [7, 11) is 0. The van der Waals surface area contributed by atoms with Gasteiger partial charge in [-0.3, -0.25) is 0 Å². The molecular weight excluding hydrogens is 238 g/mol. The van der Waals surface area contributed by atoms with Crippen molar-refractivity contribution in [1.29, 1.82) is 0 Å². The molecule has 1 atom stereocenters. The van der Waals surface area contributed by atoms with Gasteiger partial charge in [-0.2, -0.15) is 26.7 Å². The first-order valence-electron chi connectivity index (χ1n) is 5.66. The fourth-order valence-electron chi connectivity index (χ4n) is 1.53. The molecular formula is C10H17N5OS. The monoisotopic (exact) mass is 255 g/mol. The van der Waals surface area contributed by atoms with Gasteiger partial charge in [0.15, 0.2) is 0 Å². The molecule has 1 fully saturated rings. The highest BCUT2D eigenvalue weighted by Gasteiger charge is 2.17. The molecule has 94 valence electrons. The fourth-order valence-corrected chi connectivity index (χ4v) is 2.68. The first-order chi connectivity index (χ1) is 8.13. The van der Waals surface area contributed by atoms with Gasteiger partial charge in [-0.15, -0.1) is 0 Å². The highest BCUT2D eigenvalue weighted by Crippen LogP contribution is 2.20. The molecule has 1 aromatic heterocycles. The predicted molar refractivity (Wildman–Crippen MR) is 69.4 cm³/mol. The Balaban J connectivity index is 2.07. The molecule has 2 heterocycles. The number of thioether (sulfide) groups is 1. The number of anilines is 2. The van der Waals surface area contributed by atoms with Crippen molar-refractivity contribution in [2.75, 3.05) is 22.6 Å². The number of ether oxygens (including phenoxy) is 1. The van der Waals surface area contributed by atoms with Crippen LogP contribution in [0.4, 0.5) is 11.9 Å². The van der Waals surface area contributed by atoms with E-state index in [-0.39, 0.29) is 18.1 Å². The van der Waals surface area contributed by atoms with E-state index in [4.69, 9.17) is 10.5 Å². The Bertz CT molecular complexity index is 381. The van der Waals surface area contributed by atoms with Crippen LogP contribution >= 0.6 is 11.8 Å². The molecule has 0 spiro atoms. The molecule has 0 amide bonds. The largest absolute Gasteiger partial charge is 0.461 e. The van der Waals surface area contributed by atoms with Gasteiger partial charge in [0.1, 0.15) is 0 Å². The van der Waals surface area contributed by atoms with Gasteiger partial charge in [-0.1, -0.05) is 0 Å². The zero-order chi connectivity index (χ0) is 12.3. The molecule has 1 aliphatic heterocycles. The zero-order valence-corrected chi connectivity index (χ0v) is 10.8. The van der Waals surface area contributed by atoms with Crippen molar-refractivity contribution in [1.82, 2.24) is 15.0 Å². The van der Waals surface area contributed by atoms with Crippen LogP contribution in [0.5, 0.6) is 6.01 Å². The van der Waals surface area contributed by atoms with Gasteiger partial charge in [-0.25, -0.2) is 0 Å². The van der Waals surface area contributed by atoms with Crippen LogP contribution in [0.15, 0.2) is 0 Å². The van der Waals surface area contributed by atoms with E-state index in [1.165, 1.54) is 5.75 Å². The van der Waals surface area contributed by atoms with E-state index in [0.717, 1.165) is 12.2 Å². The van der Waals surface area contributed by atoms with Crippen LogP contribution in [0.1, 0.15) is 20.3 Å². The summed E-state index contributed by atoms with van der Waals surface area (Å²) in [6, 6.07) is 0.689. The van der Waals surface area contributed by atoms with Gasteiger partial charge in [0.05, 0.1) is 6.10 Å². The highest BCUT2D eigenvalue weighted by molar-refractivity contribution is 7.99. The van der Waals surface area contributed by atoms with Crippen molar-refractivity contribution in [2.24, 2.45) is 0 Å². The lowest BCUT2D eigenvalue weighted by Gasteiger charge is -2.13. The normalized spacial score (nSPS) is 19.6. The Labute approximate surface area is 105 Å². The van der Waals surface area contributed by atoms with Crippen LogP contribution in [0.3, 0.4) is 0 Å². The third-order valence-corrected chi connectivity index (χ3v) is 3.40. The van der Waals surface area contributed by atoms with Gasteiger partial charge in [0, 0.05) is 11.8 Å². The molecule has 1 unspecified atom stereocenters. The number of hydrogen-bond donors (Lipinski definition) is 2. The number of aromatic nitrogens is 3. The van der Waals surface area contributed by atoms with Crippen LogP contribution in [0, 0.1) is 0 Å². The van der Waals surface area contributed by atoms with E-state index in [0.29, 0.717) is 12.0 Å². The Kier molecular flexibility index (Phi) is 3.88. The summed E-state index contributed by atoms with van der Waals surface area (Å²) in [4.78, 5) is 12.2. The van der Waals surface area contributed by atoms with Crippen molar-refractivity contribution in [2.45, 2.75) is 32.4 Å². The first kappa shape index (κ1) is 12.2. The van der Waals surface area contributed by atoms with Gasteiger partial charge < -0.3 is 15.8 Å². The molecule has 3 N–H and O–H groups in total. The molecule has 6 nitrogen and oxygen atoms in total. The third-order valence-electron chi connectivity index (χ3n) is 2.24. The van der Waals surface area contributed by atoms with Crippen LogP contribution in [-0.4, -0.2) is 38.6 Å². The molecule has 0 aromatic carbocycles. The summed E-state index contributed by atoms with van der Waals surface area (Å²) in [6.45, 7) is 3.83. The maximum atomic E-state index is 5.62. The van der Waals surface area contributed by atoms with Crippen molar-refractivity contribution in [3.63, 3.8) is 0 Å². The summed E-state index contributed by atoms with van der Waals surface area (Å²) < 4.78 is 5.41.